The van der Waals surface area contributed by atoms with Crippen molar-refractivity contribution in [3.8, 4) is 0 Å². The molecule has 8 nitrogen and oxygen atoms in total. The van der Waals surface area contributed by atoms with E-state index < -0.39 is 0 Å². The van der Waals surface area contributed by atoms with E-state index in [-0.39, 0.29) is 11.7 Å². The highest BCUT2D eigenvalue weighted by Crippen LogP contribution is 2.42. The minimum Gasteiger partial charge on any atom is -0.383 e. The van der Waals surface area contributed by atoms with Gasteiger partial charge in [0.15, 0.2) is 5.65 Å². The number of nitrogens with zero attached hydrogens (tertiary/aromatic N) is 5. The van der Waals surface area contributed by atoms with Gasteiger partial charge in [-0.05, 0) is 37.7 Å². The van der Waals surface area contributed by atoms with Gasteiger partial charge in [0.1, 0.15) is 10.7 Å². The molecule has 156 valence electrons. The summed E-state index contributed by atoms with van der Waals surface area (Å²) >= 11 is 1.76. The van der Waals surface area contributed by atoms with Crippen LogP contribution in [0.15, 0.2) is 0 Å². The normalized spacial score (nSPS) is 16.5. The minimum atomic E-state index is -0.215. The fraction of sp³-hybridized carbons (Fsp3) is 0.600. The molecule has 0 saturated heterocycles. The maximum Gasteiger partial charge on any atom is 0.293 e. The molecule has 1 aliphatic rings. The number of carbonyl (C=O) groups is 1. The third-order valence-electron chi connectivity index (χ3n) is 5.55. The molecule has 0 bridgehead atoms. The molecule has 0 unspecified atom stereocenters. The number of fused-ring (bicyclic) bond motifs is 5. The zero-order valence-electron chi connectivity index (χ0n) is 17.4. The van der Waals surface area contributed by atoms with Crippen LogP contribution >= 0.6 is 11.3 Å². The molecule has 0 fully saturated rings. The van der Waals surface area contributed by atoms with Gasteiger partial charge in [-0.1, -0.05) is 6.92 Å². The zero-order chi connectivity index (χ0) is 20.5. The van der Waals surface area contributed by atoms with Crippen molar-refractivity contribution in [3.05, 3.63) is 22.1 Å². The van der Waals surface area contributed by atoms with Gasteiger partial charge in [0, 0.05) is 32.2 Å². The van der Waals surface area contributed by atoms with Crippen LogP contribution in [0.3, 0.4) is 0 Å². The zero-order valence-corrected chi connectivity index (χ0v) is 18.2. The van der Waals surface area contributed by atoms with E-state index in [4.69, 9.17) is 19.4 Å². The predicted molar refractivity (Wildman–Crippen MR) is 112 cm³/mol. The summed E-state index contributed by atoms with van der Waals surface area (Å²) in [5.41, 5.74) is 2.08. The summed E-state index contributed by atoms with van der Waals surface area (Å²) in [4.78, 5) is 26.7. The van der Waals surface area contributed by atoms with Crippen LogP contribution in [0.25, 0.3) is 15.9 Å². The lowest BCUT2D eigenvalue weighted by Gasteiger charge is -2.20. The number of carbonyl (C=O) groups excluding carboxylic acids is 1. The number of ether oxygens (including phenoxy) is 2. The number of amides is 1. The Morgan fingerprint density at radius 3 is 2.66 bits per heavy atom. The molecule has 1 aliphatic carbocycles. The Morgan fingerprint density at radius 2 is 1.97 bits per heavy atom. The van der Waals surface area contributed by atoms with Crippen LogP contribution in [0, 0.1) is 6.92 Å². The summed E-state index contributed by atoms with van der Waals surface area (Å²) in [6.07, 6.45) is 3.47. The monoisotopic (exact) mass is 417 g/mol. The lowest BCUT2D eigenvalue weighted by Crippen LogP contribution is -2.37. The highest BCUT2D eigenvalue weighted by Gasteiger charge is 2.28. The average Bonchev–Trinajstić information content (AvgIpc) is 3.30. The summed E-state index contributed by atoms with van der Waals surface area (Å²) in [6, 6.07) is 0. The Morgan fingerprint density at radius 1 is 1.24 bits per heavy atom. The quantitative estimate of drug-likeness (QED) is 0.588. The first kappa shape index (κ1) is 20.2. The van der Waals surface area contributed by atoms with Gasteiger partial charge in [-0.25, -0.2) is 9.97 Å². The van der Waals surface area contributed by atoms with E-state index in [1.807, 2.05) is 6.92 Å². The largest absolute Gasteiger partial charge is 0.383 e. The molecule has 3 aromatic heterocycles. The van der Waals surface area contributed by atoms with Crippen molar-refractivity contribution >= 4 is 33.1 Å². The maximum absolute atomic E-state index is 13.1. The number of thiophene rings is 1. The average molecular weight is 418 g/mol. The highest BCUT2D eigenvalue weighted by molar-refractivity contribution is 7.19. The van der Waals surface area contributed by atoms with Gasteiger partial charge in [0.05, 0.1) is 18.6 Å². The van der Waals surface area contributed by atoms with Crippen molar-refractivity contribution in [1.82, 2.24) is 24.5 Å². The summed E-state index contributed by atoms with van der Waals surface area (Å²) in [6.45, 7) is 6.00. The molecule has 1 amide bonds. The van der Waals surface area contributed by atoms with Gasteiger partial charge >= 0.3 is 0 Å². The molecule has 1 atom stereocenters. The summed E-state index contributed by atoms with van der Waals surface area (Å²) in [5.74, 6) is 1.19. The SMILES string of the molecule is COCCN(CCOC)C(=O)c1nc2c3c4c(sc3nc(C)n2n1)CCC[C@H]4C. The fourth-order valence-corrected chi connectivity index (χ4v) is 5.41. The Hall–Kier alpha value is -2.10. The third kappa shape index (κ3) is 3.62. The molecule has 0 aromatic carbocycles. The molecule has 4 rings (SSSR count). The van der Waals surface area contributed by atoms with E-state index in [0.717, 1.165) is 28.1 Å². The standard InChI is InChI=1S/C20H27N5O3S/c1-12-6-5-7-14-15(12)16-18-22-17(23-25(18)13(2)21-19(16)29-14)20(26)24(8-10-27-3)9-11-28-4/h12H,5-11H2,1-4H3/t12-/m1/s1. The number of aryl methyl sites for hydroxylation is 2. The molecule has 29 heavy (non-hydrogen) atoms. The van der Waals surface area contributed by atoms with E-state index >= 15 is 0 Å². The van der Waals surface area contributed by atoms with E-state index in [2.05, 4.69) is 12.0 Å². The van der Waals surface area contributed by atoms with Crippen molar-refractivity contribution in [2.24, 2.45) is 0 Å². The minimum absolute atomic E-state index is 0.193. The van der Waals surface area contributed by atoms with Gasteiger partial charge in [-0.15, -0.1) is 16.4 Å². The van der Waals surface area contributed by atoms with Crippen LogP contribution < -0.4 is 0 Å². The second-order valence-corrected chi connectivity index (χ2v) is 8.60. The van der Waals surface area contributed by atoms with E-state index in [0.29, 0.717) is 32.2 Å². The molecule has 0 spiro atoms. The van der Waals surface area contributed by atoms with E-state index in [1.54, 1.807) is 35.0 Å². The highest BCUT2D eigenvalue weighted by atomic mass is 32.1. The lowest BCUT2D eigenvalue weighted by molar-refractivity contribution is 0.0616. The van der Waals surface area contributed by atoms with Crippen LogP contribution in [0.2, 0.25) is 0 Å². The Labute approximate surface area is 173 Å². The number of hydrogen-bond acceptors (Lipinski definition) is 7. The fourth-order valence-electron chi connectivity index (χ4n) is 4.04. The Bertz CT molecular complexity index is 1040. The second kappa shape index (κ2) is 8.33. The molecule has 9 heteroatoms. The number of aromatic nitrogens is 4. The van der Waals surface area contributed by atoms with Crippen molar-refractivity contribution in [2.45, 2.75) is 39.0 Å². The predicted octanol–water partition coefficient (Wildman–Crippen LogP) is 2.82. The molecule has 0 aliphatic heterocycles. The molecule has 3 aromatic rings. The molecule has 3 heterocycles. The number of hydrogen-bond donors (Lipinski definition) is 0. The first-order chi connectivity index (χ1) is 14.0. The first-order valence-electron chi connectivity index (χ1n) is 10.0. The summed E-state index contributed by atoms with van der Waals surface area (Å²) in [7, 11) is 3.24. The number of methoxy groups -OCH3 is 2. The van der Waals surface area contributed by atoms with Crippen LogP contribution in [0.5, 0.6) is 0 Å². The van der Waals surface area contributed by atoms with Gasteiger partial charge in [-0.3, -0.25) is 4.79 Å². The second-order valence-electron chi connectivity index (χ2n) is 7.52. The van der Waals surface area contributed by atoms with Crippen LogP contribution in [0.1, 0.15) is 52.6 Å². The van der Waals surface area contributed by atoms with Crippen molar-refractivity contribution < 1.29 is 14.3 Å². The smallest absolute Gasteiger partial charge is 0.293 e. The van der Waals surface area contributed by atoms with Crippen LogP contribution in [-0.4, -0.2) is 70.9 Å². The first-order valence-corrected chi connectivity index (χ1v) is 10.8. The van der Waals surface area contributed by atoms with Gasteiger partial charge in [0.25, 0.3) is 5.91 Å². The Kier molecular flexibility index (Phi) is 5.80. The van der Waals surface area contributed by atoms with Crippen LogP contribution in [0.4, 0.5) is 0 Å². The molecular weight excluding hydrogens is 390 g/mol. The summed E-state index contributed by atoms with van der Waals surface area (Å²) in [5, 5.41) is 5.59. The van der Waals surface area contributed by atoms with Crippen LogP contribution in [-0.2, 0) is 15.9 Å². The van der Waals surface area contributed by atoms with Crippen molar-refractivity contribution in [1.29, 1.82) is 0 Å². The molecular formula is C20H27N5O3S. The third-order valence-corrected chi connectivity index (χ3v) is 6.71. The topological polar surface area (TPSA) is 81.9 Å². The van der Waals surface area contributed by atoms with E-state index in [9.17, 15) is 4.79 Å². The van der Waals surface area contributed by atoms with Crippen molar-refractivity contribution in [2.75, 3.05) is 40.5 Å². The lowest BCUT2D eigenvalue weighted by atomic mass is 9.87. The molecule has 0 radical (unpaired) electrons. The number of rotatable bonds is 7. The van der Waals surface area contributed by atoms with E-state index in [1.165, 1.54) is 23.3 Å². The molecule has 0 N–H and O–H groups in total. The summed E-state index contributed by atoms with van der Waals surface area (Å²) < 4.78 is 12.0. The Balaban J connectivity index is 1.80. The molecule has 0 saturated carbocycles. The maximum atomic E-state index is 13.1. The van der Waals surface area contributed by atoms with Gasteiger partial charge in [0.2, 0.25) is 5.82 Å². The van der Waals surface area contributed by atoms with Crippen molar-refractivity contribution in [3.63, 3.8) is 0 Å². The van der Waals surface area contributed by atoms with Gasteiger partial charge < -0.3 is 14.4 Å². The van der Waals surface area contributed by atoms with Gasteiger partial charge in [-0.2, -0.15) is 4.52 Å².